The van der Waals surface area contributed by atoms with Crippen molar-refractivity contribution in [1.82, 2.24) is 15.1 Å². The smallest absolute Gasteiger partial charge is 0.325 e. The Kier molecular flexibility index (Phi) is 5.76. The summed E-state index contributed by atoms with van der Waals surface area (Å²) < 4.78 is 10.5. The molecule has 0 unspecified atom stereocenters. The molecule has 1 spiro atoms. The minimum atomic E-state index is -0.782. The Labute approximate surface area is 164 Å². The van der Waals surface area contributed by atoms with Gasteiger partial charge in [-0.1, -0.05) is 18.9 Å². The van der Waals surface area contributed by atoms with Gasteiger partial charge in [-0.15, -0.1) is 0 Å². The van der Waals surface area contributed by atoms with E-state index in [4.69, 9.17) is 9.47 Å². The molecule has 2 fully saturated rings. The summed E-state index contributed by atoms with van der Waals surface area (Å²) in [4.78, 5) is 40.0. The Balaban J connectivity index is 1.56. The number of ether oxygens (including phenoxy) is 2. The van der Waals surface area contributed by atoms with Gasteiger partial charge in [0, 0.05) is 13.6 Å². The summed E-state index contributed by atoms with van der Waals surface area (Å²) in [5, 5.41) is 2.80. The van der Waals surface area contributed by atoms with Crippen molar-refractivity contribution in [3.05, 3.63) is 23.8 Å². The van der Waals surface area contributed by atoms with Gasteiger partial charge >= 0.3 is 6.03 Å². The molecule has 1 aromatic rings. The zero-order valence-corrected chi connectivity index (χ0v) is 16.6. The van der Waals surface area contributed by atoms with Gasteiger partial charge in [0.2, 0.25) is 5.91 Å². The summed E-state index contributed by atoms with van der Waals surface area (Å²) in [6.45, 7) is 0.234. The third kappa shape index (κ3) is 3.76. The van der Waals surface area contributed by atoms with Gasteiger partial charge in [-0.25, -0.2) is 4.79 Å². The number of hydrogen-bond donors (Lipinski definition) is 1. The lowest BCUT2D eigenvalue weighted by atomic mass is 9.98. The lowest BCUT2D eigenvalue weighted by Crippen LogP contribution is -2.45. The van der Waals surface area contributed by atoms with E-state index in [9.17, 15) is 14.4 Å². The van der Waals surface area contributed by atoms with Crippen molar-refractivity contribution >= 4 is 17.8 Å². The molecule has 28 heavy (non-hydrogen) atoms. The van der Waals surface area contributed by atoms with Crippen molar-refractivity contribution in [2.24, 2.45) is 0 Å². The van der Waals surface area contributed by atoms with Crippen LogP contribution in [0.15, 0.2) is 18.2 Å². The van der Waals surface area contributed by atoms with E-state index in [2.05, 4.69) is 5.32 Å². The van der Waals surface area contributed by atoms with Crippen LogP contribution < -0.4 is 14.8 Å². The van der Waals surface area contributed by atoms with Crippen LogP contribution in [0.1, 0.15) is 31.2 Å². The molecular formula is C20H27N3O5. The normalized spacial score (nSPS) is 17.8. The fraction of sp³-hybridized carbons (Fsp3) is 0.550. The molecule has 1 saturated heterocycles. The van der Waals surface area contributed by atoms with E-state index < -0.39 is 11.6 Å². The van der Waals surface area contributed by atoms with Crippen LogP contribution in [-0.2, 0) is 16.0 Å². The number of benzene rings is 1. The van der Waals surface area contributed by atoms with Gasteiger partial charge in [-0.05, 0) is 37.0 Å². The van der Waals surface area contributed by atoms with E-state index in [-0.39, 0.29) is 18.4 Å². The number of likely N-dealkylation sites (N-methyl/N-ethyl adjacent to an activating group) is 1. The predicted octanol–water partition coefficient (Wildman–Crippen LogP) is 1.57. The standard InChI is InChI=1S/C20H27N3O5/c1-22(11-8-14-6-7-15(27-2)16(12-14)28-3)17(24)13-23-18(25)20(21-19(23)26)9-4-5-10-20/h6-7,12H,4-5,8-11,13H2,1-3H3,(H,21,26). The second kappa shape index (κ2) is 8.08. The number of nitrogens with zero attached hydrogens (tertiary/aromatic N) is 2. The molecule has 1 aliphatic heterocycles. The average molecular weight is 389 g/mol. The zero-order valence-electron chi connectivity index (χ0n) is 16.6. The minimum Gasteiger partial charge on any atom is -0.493 e. The first-order chi connectivity index (χ1) is 13.4. The fourth-order valence-corrected chi connectivity index (χ4v) is 3.85. The van der Waals surface area contributed by atoms with Gasteiger partial charge in [-0.3, -0.25) is 14.5 Å². The summed E-state index contributed by atoms with van der Waals surface area (Å²) in [6.07, 6.45) is 3.75. The number of carbonyl (C=O) groups is 3. The lowest BCUT2D eigenvalue weighted by Gasteiger charge is -2.22. The van der Waals surface area contributed by atoms with Crippen LogP contribution in [-0.4, -0.2) is 67.5 Å². The van der Waals surface area contributed by atoms with E-state index in [1.54, 1.807) is 21.3 Å². The highest BCUT2D eigenvalue weighted by molar-refractivity contribution is 6.09. The largest absolute Gasteiger partial charge is 0.493 e. The van der Waals surface area contributed by atoms with E-state index in [0.29, 0.717) is 37.3 Å². The van der Waals surface area contributed by atoms with E-state index >= 15 is 0 Å². The molecule has 2 aliphatic rings. The molecular weight excluding hydrogens is 362 g/mol. The maximum atomic E-state index is 12.7. The Morgan fingerprint density at radius 1 is 1.18 bits per heavy atom. The van der Waals surface area contributed by atoms with Gasteiger partial charge in [0.25, 0.3) is 5.91 Å². The van der Waals surface area contributed by atoms with Crippen LogP contribution in [0.5, 0.6) is 11.5 Å². The van der Waals surface area contributed by atoms with Crippen LogP contribution in [0.3, 0.4) is 0 Å². The molecule has 1 N–H and O–H groups in total. The molecule has 152 valence electrons. The Bertz CT molecular complexity index is 773. The molecule has 8 heteroatoms. The molecule has 1 aromatic carbocycles. The second-order valence-corrected chi connectivity index (χ2v) is 7.37. The average Bonchev–Trinajstić information content (AvgIpc) is 3.26. The molecule has 0 aromatic heterocycles. The topological polar surface area (TPSA) is 88.2 Å². The first-order valence-corrected chi connectivity index (χ1v) is 9.49. The number of amides is 4. The third-order valence-corrected chi connectivity index (χ3v) is 5.61. The molecule has 3 rings (SSSR count). The summed E-state index contributed by atoms with van der Waals surface area (Å²) in [7, 11) is 4.83. The molecule has 1 saturated carbocycles. The lowest BCUT2D eigenvalue weighted by molar-refractivity contribution is -0.138. The minimum absolute atomic E-state index is 0.227. The first kappa shape index (κ1) is 20.0. The molecule has 0 bridgehead atoms. The van der Waals surface area contributed by atoms with Gasteiger partial charge in [0.15, 0.2) is 11.5 Å². The van der Waals surface area contributed by atoms with E-state index in [1.165, 1.54) is 4.90 Å². The molecule has 0 radical (unpaired) electrons. The van der Waals surface area contributed by atoms with E-state index in [1.807, 2.05) is 18.2 Å². The Hall–Kier alpha value is -2.77. The Morgan fingerprint density at radius 3 is 2.50 bits per heavy atom. The van der Waals surface area contributed by atoms with Gasteiger partial charge in [-0.2, -0.15) is 0 Å². The molecule has 8 nitrogen and oxygen atoms in total. The van der Waals surface area contributed by atoms with Crippen LogP contribution in [0, 0.1) is 0 Å². The third-order valence-electron chi connectivity index (χ3n) is 5.61. The summed E-state index contributed by atoms with van der Waals surface area (Å²) in [6, 6.07) is 5.15. The van der Waals surface area contributed by atoms with Crippen molar-refractivity contribution in [2.75, 3.05) is 34.4 Å². The summed E-state index contributed by atoms with van der Waals surface area (Å²) >= 11 is 0. The van der Waals surface area contributed by atoms with Crippen molar-refractivity contribution in [2.45, 2.75) is 37.6 Å². The maximum Gasteiger partial charge on any atom is 0.325 e. The maximum absolute atomic E-state index is 12.7. The number of carbonyl (C=O) groups excluding carboxylic acids is 3. The summed E-state index contributed by atoms with van der Waals surface area (Å²) in [5.74, 6) is 0.751. The highest BCUT2D eigenvalue weighted by atomic mass is 16.5. The van der Waals surface area contributed by atoms with Crippen molar-refractivity contribution in [3.8, 4) is 11.5 Å². The number of rotatable bonds is 7. The summed E-state index contributed by atoms with van der Waals surface area (Å²) in [5.41, 5.74) is 0.215. The molecule has 0 atom stereocenters. The van der Waals surface area contributed by atoms with Crippen molar-refractivity contribution in [3.63, 3.8) is 0 Å². The van der Waals surface area contributed by atoms with Crippen LogP contribution >= 0.6 is 0 Å². The second-order valence-electron chi connectivity index (χ2n) is 7.37. The fourth-order valence-electron chi connectivity index (χ4n) is 3.85. The number of urea groups is 1. The van der Waals surface area contributed by atoms with Crippen molar-refractivity contribution < 1.29 is 23.9 Å². The quantitative estimate of drug-likeness (QED) is 0.715. The zero-order chi connectivity index (χ0) is 20.3. The van der Waals surface area contributed by atoms with E-state index in [0.717, 1.165) is 23.3 Å². The SMILES string of the molecule is COc1ccc(CCN(C)C(=O)CN2C(=O)NC3(CCCC3)C2=O)cc1OC. The van der Waals surface area contributed by atoms with Crippen molar-refractivity contribution in [1.29, 1.82) is 0 Å². The van der Waals surface area contributed by atoms with Crippen LogP contribution in [0.4, 0.5) is 4.79 Å². The van der Waals surface area contributed by atoms with Crippen LogP contribution in [0.25, 0.3) is 0 Å². The highest BCUT2D eigenvalue weighted by Gasteiger charge is 2.52. The predicted molar refractivity (Wildman–Crippen MR) is 102 cm³/mol. The van der Waals surface area contributed by atoms with Gasteiger partial charge in [0.1, 0.15) is 12.1 Å². The number of methoxy groups -OCH3 is 2. The first-order valence-electron chi connectivity index (χ1n) is 9.49. The number of hydrogen-bond acceptors (Lipinski definition) is 5. The van der Waals surface area contributed by atoms with Gasteiger partial charge in [0.05, 0.1) is 14.2 Å². The highest BCUT2D eigenvalue weighted by Crippen LogP contribution is 2.35. The number of imide groups is 1. The molecule has 1 heterocycles. The Morgan fingerprint density at radius 2 is 1.86 bits per heavy atom. The van der Waals surface area contributed by atoms with Gasteiger partial charge < -0.3 is 19.7 Å². The monoisotopic (exact) mass is 389 g/mol. The van der Waals surface area contributed by atoms with Crippen LogP contribution in [0.2, 0.25) is 0 Å². The molecule has 4 amide bonds. The number of nitrogens with one attached hydrogen (secondary N) is 1. The molecule has 1 aliphatic carbocycles.